The number of pyridine rings is 1. The first-order valence-corrected chi connectivity index (χ1v) is 8.97. The lowest BCUT2D eigenvalue weighted by Gasteiger charge is -2.25. The summed E-state index contributed by atoms with van der Waals surface area (Å²) in [4.78, 5) is 19.4. The number of amides is 1. The fourth-order valence-corrected chi connectivity index (χ4v) is 3.54. The molecule has 1 aliphatic heterocycles. The molecule has 1 aliphatic rings. The maximum atomic E-state index is 13.1. The van der Waals surface area contributed by atoms with Gasteiger partial charge in [-0.25, -0.2) is 4.98 Å². The van der Waals surface area contributed by atoms with Gasteiger partial charge in [-0.1, -0.05) is 13.8 Å². The van der Waals surface area contributed by atoms with E-state index in [4.69, 9.17) is 0 Å². The molecule has 1 unspecified atom stereocenters. The van der Waals surface area contributed by atoms with Crippen LogP contribution in [0.3, 0.4) is 0 Å². The van der Waals surface area contributed by atoms with Gasteiger partial charge in [0, 0.05) is 26.8 Å². The van der Waals surface area contributed by atoms with Gasteiger partial charge in [0.2, 0.25) is 0 Å². The van der Waals surface area contributed by atoms with Crippen molar-refractivity contribution >= 4 is 11.7 Å². The predicted octanol–water partition coefficient (Wildman–Crippen LogP) is 3.03. The number of anilines is 1. The third-order valence-corrected chi connectivity index (χ3v) is 4.71. The molecule has 0 saturated carbocycles. The molecule has 0 radical (unpaired) electrons. The topological polar surface area (TPSA) is 63.1 Å². The summed E-state index contributed by atoms with van der Waals surface area (Å²) < 4.78 is 1.72. The van der Waals surface area contributed by atoms with Crippen molar-refractivity contribution in [3.05, 3.63) is 41.3 Å². The van der Waals surface area contributed by atoms with Crippen LogP contribution in [-0.4, -0.2) is 39.2 Å². The lowest BCUT2D eigenvalue weighted by molar-refractivity contribution is 0.0724. The zero-order valence-electron chi connectivity index (χ0n) is 15.5. The Morgan fingerprint density at radius 2 is 2.20 bits per heavy atom. The van der Waals surface area contributed by atoms with Gasteiger partial charge >= 0.3 is 0 Å². The molecule has 0 bridgehead atoms. The number of nitrogens with zero attached hydrogens (tertiary/aromatic N) is 4. The molecule has 0 aromatic carbocycles. The monoisotopic (exact) mass is 341 g/mol. The molecule has 0 spiro atoms. The van der Waals surface area contributed by atoms with Crippen LogP contribution >= 0.6 is 0 Å². The van der Waals surface area contributed by atoms with Gasteiger partial charge < -0.3 is 10.2 Å². The molecule has 0 aliphatic carbocycles. The second kappa shape index (κ2) is 7.25. The van der Waals surface area contributed by atoms with Gasteiger partial charge in [-0.15, -0.1) is 0 Å². The smallest absolute Gasteiger partial charge is 0.272 e. The van der Waals surface area contributed by atoms with Crippen molar-refractivity contribution in [2.24, 2.45) is 13.0 Å². The second-order valence-electron chi connectivity index (χ2n) is 7.12. The van der Waals surface area contributed by atoms with Gasteiger partial charge in [0.05, 0.1) is 11.7 Å². The molecule has 3 heterocycles. The summed E-state index contributed by atoms with van der Waals surface area (Å²) in [7, 11) is 3.71. The largest absolute Gasteiger partial charge is 0.373 e. The van der Waals surface area contributed by atoms with E-state index in [0.717, 1.165) is 42.9 Å². The SMILES string of the molecule is CNc1cc(C2CCCN2C(=O)c2cc(CC(C)C)nn2C)ccn1. The normalized spacial score (nSPS) is 17.3. The summed E-state index contributed by atoms with van der Waals surface area (Å²) >= 11 is 0. The lowest BCUT2D eigenvalue weighted by Crippen LogP contribution is -2.32. The molecule has 1 amide bonds. The minimum absolute atomic E-state index is 0.0651. The van der Waals surface area contributed by atoms with Crippen molar-refractivity contribution in [2.75, 3.05) is 18.9 Å². The molecule has 1 fully saturated rings. The summed E-state index contributed by atoms with van der Waals surface area (Å²) in [5.74, 6) is 1.42. The lowest BCUT2D eigenvalue weighted by atomic mass is 10.1. The Morgan fingerprint density at radius 1 is 1.40 bits per heavy atom. The first kappa shape index (κ1) is 17.5. The first-order chi connectivity index (χ1) is 12.0. The van der Waals surface area contributed by atoms with Crippen LogP contribution in [0, 0.1) is 5.92 Å². The Morgan fingerprint density at radius 3 is 2.92 bits per heavy atom. The highest BCUT2D eigenvalue weighted by Crippen LogP contribution is 2.33. The molecule has 2 aromatic heterocycles. The highest BCUT2D eigenvalue weighted by atomic mass is 16.2. The van der Waals surface area contributed by atoms with E-state index in [-0.39, 0.29) is 11.9 Å². The van der Waals surface area contributed by atoms with E-state index in [1.807, 2.05) is 37.2 Å². The minimum atomic E-state index is 0.0651. The van der Waals surface area contributed by atoms with Crippen LogP contribution in [0.5, 0.6) is 0 Å². The van der Waals surface area contributed by atoms with Crippen molar-refractivity contribution in [3.63, 3.8) is 0 Å². The average molecular weight is 341 g/mol. The molecule has 134 valence electrons. The molecule has 25 heavy (non-hydrogen) atoms. The molecule has 1 saturated heterocycles. The van der Waals surface area contributed by atoms with Gasteiger partial charge in [-0.3, -0.25) is 9.48 Å². The molecule has 2 aromatic rings. The Labute approximate surface area is 149 Å². The van der Waals surface area contributed by atoms with E-state index in [0.29, 0.717) is 11.6 Å². The standard InChI is InChI=1S/C19H27N5O/c1-13(2)10-15-12-17(23(4)22-15)19(25)24-9-5-6-16(24)14-7-8-21-18(11-14)20-3/h7-8,11-13,16H,5-6,9-10H2,1-4H3,(H,20,21). The van der Waals surface area contributed by atoms with E-state index >= 15 is 0 Å². The fourth-order valence-electron chi connectivity index (χ4n) is 3.54. The average Bonchev–Trinajstić information content (AvgIpc) is 3.20. The van der Waals surface area contributed by atoms with E-state index in [1.165, 1.54) is 0 Å². The minimum Gasteiger partial charge on any atom is -0.373 e. The van der Waals surface area contributed by atoms with Gasteiger partial charge in [-0.2, -0.15) is 5.10 Å². The van der Waals surface area contributed by atoms with Crippen LogP contribution in [0.25, 0.3) is 0 Å². The number of rotatable bonds is 5. The Balaban J connectivity index is 1.84. The van der Waals surface area contributed by atoms with Crippen LogP contribution in [0.15, 0.2) is 24.4 Å². The highest BCUT2D eigenvalue weighted by Gasteiger charge is 2.32. The number of carbonyl (C=O) groups is 1. The van der Waals surface area contributed by atoms with Crippen molar-refractivity contribution in [1.82, 2.24) is 19.7 Å². The van der Waals surface area contributed by atoms with Crippen LogP contribution in [0.4, 0.5) is 5.82 Å². The number of hydrogen-bond acceptors (Lipinski definition) is 4. The van der Waals surface area contributed by atoms with Gasteiger partial charge in [-0.05, 0) is 48.9 Å². The number of carbonyl (C=O) groups excluding carboxylic acids is 1. The highest BCUT2D eigenvalue weighted by molar-refractivity contribution is 5.93. The second-order valence-corrected chi connectivity index (χ2v) is 7.12. The summed E-state index contributed by atoms with van der Waals surface area (Å²) in [6.45, 7) is 5.11. The van der Waals surface area contributed by atoms with Crippen molar-refractivity contribution < 1.29 is 4.79 Å². The van der Waals surface area contributed by atoms with Crippen LogP contribution in [0.2, 0.25) is 0 Å². The molecule has 3 rings (SSSR count). The zero-order chi connectivity index (χ0) is 18.0. The van der Waals surface area contributed by atoms with E-state index in [9.17, 15) is 4.79 Å². The van der Waals surface area contributed by atoms with E-state index in [1.54, 1.807) is 10.9 Å². The Kier molecular flexibility index (Phi) is 5.06. The number of aryl methyl sites for hydroxylation is 1. The summed E-state index contributed by atoms with van der Waals surface area (Å²) in [6.07, 6.45) is 4.69. The third kappa shape index (κ3) is 3.67. The van der Waals surface area contributed by atoms with Gasteiger partial charge in [0.1, 0.15) is 11.5 Å². The van der Waals surface area contributed by atoms with Crippen molar-refractivity contribution in [1.29, 1.82) is 0 Å². The van der Waals surface area contributed by atoms with Gasteiger partial charge in [0.15, 0.2) is 0 Å². The Hall–Kier alpha value is -2.37. The number of aromatic nitrogens is 3. The molecule has 1 atom stereocenters. The summed E-state index contributed by atoms with van der Waals surface area (Å²) in [5, 5.41) is 7.59. The molecular formula is C19H27N5O. The molecule has 1 N–H and O–H groups in total. The molecule has 6 heteroatoms. The van der Waals surface area contributed by atoms with E-state index in [2.05, 4.69) is 29.2 Å². The quantitative estimate of drug-likeness (QED) is 0.908. The maximum Gasteiger partial charge on any atom is 0.272 e. The van der Waals surface area contributed by atoms with E-state index < -0.39 is 0 Å². The summed E-state index contributed by atoms with van der Waals surface area (Å²) in [6, 6.07) is 6.09. The van der Waals surface area contributed by atoms with Crippen molar-refractivity contribution in [2.45, 2.75) is 39.2 Å². The third-order valence-electron chi connectivity index (χ3n) is 4.71. The molecule has 6 nitrogen and oxygen atoms in total. The van der Waals surface area contributed by atoms with Crippen LogP contribution in [0.1, 0.15) is 54.5 Å². The first-order valence-electron chi connectivity index (χ1n) is 8.97. The number of hydrogen-bond donors (Lipinski definition) is 1. The zero-order valence-corrected chi connectivity index (χ0v) is 15.5. The van der Waals surface area contributed by atoms with Crippen LogP contribution < -0.4 is 5.32 Å². The Bertz CT molecular complexity index is 752. The van der Waals surface area contributed by atoms with Gasteiger partial charge in [0.25, 0.3) is 5.91 Å². The number of likely N-dealkylation sites (tertiary alicyclic amines) is 1. The van der Waals surface area contributed by atoms with Crippen LogP contribution in [-0.2, 0) is 13.5 Å². The molecular weight excluding hydrogens is 314 g/mol. The fraction of sp³-hybridized carbons (Fsp3) is 0.526. The van der Waals surface area contributed by atoms with Crippen molar-refractivity contribution in [3.8, 4) is 0 Å². The maximum absolute atomic E-state index is 13.1. The number of nitrogens with one attached hydrogen (secondary N) is 1. The summed E-state index contributed by atoms with van der Waals surface area (Å²) in [5.41, 5.74) is 2.79. The predicted molar refractivity (Wildman–Crippen MR) is 98.5 cm³/mol.